The van der Waals surface area contributed by atoms with Gasteiger partial charge < -0.3 is 9.47 Å². The quantitative estimate of drug-likeness (QED) is 0.154. The van der Waals surface area contributed by atoms with E-state index in [0.29, 0.717) is 0 Å². The second-order valence-corrected chi connectivity index (χ2v) is 14.8. The molecule has 0 N–H and O–H groups in total. The van der Waals surface area contributed by atoms with Crippen LogP contribution in [0.1, 0.15) is 16.7 Å². The van der Waals surface area contributed by atoms with Gasteiger partial charge in [0, 0.05) is 48.7 Å². The molecule has 0 aliphatic heterocycles. The zero-order valence-corrected chi connectivity index (χ0v) is 30.0. The molecule has 0 aliphatic carbocycles. The van der Waals surface area contributed by atoms with Gasteiger partial charge in [0.25, 0.3) is 0 Å². The van der Waals surface area contributed by atoms with E-state index in [9.17, 15) is 0 Å². The third-order valence-electron chi connectivity index (χ3n) is 10.5. The Labute approximate surface area is 313 Å². The minimum absolute atomic E-state index is 0.727. The van der Waals surface area contributed by atoms with Crippen molar-refractivity contribution < 1.29 is 0 Å². The number of rotatable bonds is 8. The maximum Gasteiger partial charge on any atom is 0.0739 e. The number of thiophene rings is 1. The molecule has 0 unspecified atom stereocenters. The molecule has 53 heavy (non-hydrogen) atoms. The summed E-state index contributed by atoms with van der Waals surface area (Å²) < 4.78 is 5.15. The van der Waals surface area contributed by atoms with Gasteiger partial charge in [-0.05, 0) is 76.7 Å². The highest BCUT2D eigenvalue weighted by atomic mass is 32.1. The predicted molar refractivity (Wildman–Crippen MR) is 227 cm³/mol. The fraction of sp³-hybridized carbons (Fsp3) is 0.0400. The number of hydrogen-bond donors (Lipinski definition) is 0. The summed E-state index contributed by atoms with van der Waals surface area (Å²) in [5.41, 5.74) is 12.4. The van der Waals surface area contributed by atoms with Crippen molar-refractivity contribution in [3.63, 3.8) is 0 Å². The molecule has 3 heteroatoms. The Morgan fingerprint density at radius 2 is 1.02 bits per heavy atom. The molecule has 10 rings (SSSR count). The third kappa shape index (κ3) is 5.49. The molecule has 0 fully saturated rings. The van der Waals surface area contributed by atoms with Crippen LogP contribution in [0.15, 0.2) is 194 Å². The first-order valence-electron chi connectivity index (χ1n) is 18.3. The molecule has 0 saturated heterocycles. The van der Waals surface area contributed by atoms with Crippen molar-refractivity contribution >= 4 is 70.4 Å². The summed E-state index contributed by atoms with van der Waals surface area (Å²) in [6.45, 7) is 0.727. The fourth-order valence-electron chi connectivity index (χ4n) is 8.21. The Bertz CT molecular complexity index is 2900. The second-order valence-electron chi connectivity index (χ2n) is 13.7. The fourth-order valence-corrected chi connectivity index (χ4v) is 9.33. The monoisotopic (exact) mass is 696 g/mol. The Morgan fingerprint density at radius 3 is 1.85 bits per heavy atom. The van der Waals surface area contributed by atoms with Gasteiger partial charge in [0.1, 0.15) is 0 Å². The van der Waals surface area contributed by atoms with Gasteiger partial charge in [-0.2, -0.15) is 0 Å². The molecule has 0 radical (unpaired) electrons. The van der Waals surface area contributed by atoms with Crippen LogP contribution in [0, 0.1) is 0 Å². The molecular formula is C50H36N2S. The maximum atomic E-state index is 2.56. The SMILES string of the molecule is c1ccc(Cc2ccccc2-c2ccccc2Cn2c3ccccc3c3cccc(N(c4ccccc4)c4cccc5sc6ccccc6c45)c32)cc1. The van der Waals surface area contributed by atoms with E-state index >= 15 is 0 Å². The smallest absolute Gasteiger partial charge is 0.0739 e. The molecule has 0 amide bonds. The topological polar surface area (TPSA) is 8.17 Å². The molecule has 252 valence electrons. The number of fused-ring (bicyclic) bond motifs is 6. The van der Waals surface area contributed by atoms with Crippen LogP contribution >= 0.6 is 11.3 Å². The molecule has 0 bridgehead atoms. The van der Waals surface area contributed by atoms with Crippen LogP contribution < -0.4 is 4.90 Å². The third-order valence-corrected chi connectivity index (χ3v) is 11.7. The van der Waals surface area contributed by atoms with Crippen molar-refractivity contribution in [3.05, 3.63) is 211 Å². The first kappa shape index (κ1) is 31.3. The molecule has 8 aromatic carbocycles. The van der Waals surface area contributed by atoms with Crippen molar-refractivity contribution in [2.75, 3.05) is 4.90 Å². The lowest BCUT2D eigenvalue weighted by molar-refractivity contribution is 0.870. The van der Waals surface area contributed by atoms with Crippen LogP contribution in [-0.2, 0) is 13.0 Å². The molecule has 10 aromatic rings. The average Bonchev–Trinajstić information content (AvgIpc) is 3.76. The van der Waals surface area contributed by atoms with E-state index in [4.69, 9.17) is 0 Å². The molecule has 0 atom stereocenters. The Morgan fingerprint density at radius 1 is 0.434 bits per heavy atom. The van der Waals surface area contributed by atoms with Crippen molar-refractivity contribution in [1.82, 2.24) is 4.57 Å². The van der Waals surface area contributed by atoms with Gasteiger partial charge in [-0.15, -0.1) is 11.3 Å². The first-order chi connectivity index (χ1) is 26.3. The van der Waals surface area contributed by atoms with E-state index in [1.165, 1.54) is 75.5 Å². The van der Waals surface area contributed by atoms with Crippen molar-refractivity contribution in [2.24, 2.45) is 0 Å². The van der Waals surface area contributed by atoms with E-state index in [-0.39, 0.29) is 0 Å². The molecule has 0 aliphatic rings. The highest BCUT2D eigenvalue weighted by Gasteiger charge is 2.23. The highest BCUT2D eigenvalue weighted by Crippen LogP contribution is 2.47. The number of benzene rings is 8. The molecule has 2 nitrogen and oxygen atoms in total. The highest BCUT2D eigenvalue weighted by molar-refractivity contribution is 7.26. The van der Waals surface area contributed by atoms with Crippen LogP contribution in [0.3, 0.4) is 0 Å². The summed E-state index contributed by atoms with van der Waals surface area (Å²) in [4.78, 5) is 2.49. The van der Waals surface area contributed by atoms with Gasteiger partial charge in [-0.25, -0.2) is 0 Å². The summed E-state index contributed by atoms with van der Waals surface area (Å²) in [5, 5.41) is 5.10. The van der Waals surface area contributed by atoms with Crippen LogP contribution in [0.2, 0.25) is 0 Å². The summed E-state index contributed by atoms with van der Waals surface area (Å²) in [5.74, 6) is 0. The zero-order chi connectivity index (χ0) is 35.1. The van der Waals surface area contributed by atoms with Gasteiger partial charge in [0.05, 0.1) is 16.9 Å². The van der Waals surface area contributed by atoms with Crippen LogP contribution in [-0.4, -0.2) is 4.57 Å². The molecule has 2 aromatic heterocycles. The molecule has 0 spiro atoms. The Balaban J connectivity index is 1.21. The van der Waals surface area contributed by atoms with Crippen LogP contribution in [0.4, 0.5) is 17.1 Å². The van der Waals surface area contributed by atoms with Gasteiger partial charge in [-0.1, -0.05) is 152 Å². The van der Waals surface area contributed by atoms with Gasteiger partial charge >= 0.3 is 0 Å². The molecular weight excluding hydrogens is 661 g/mol. The van der Waals surface area contributed by atoms with Crippen LogP contribution in [0.25, 0.3) is 53.1 Å². The van der Waals surface area contributed by atoms with E-state index < -0.39 is 0 Å². The van der Waals surface area contributed by atoms with Gasteiger partial charge in [0.2, 0.25) is 0 Å². The minimum atomic E-state index is 0.727. The summed E-state index contributed by atoms with van der Waals surface area (Å²) in [7, 11) is 0. The predicted octanol–water partition coefficient (Wildman–Crippen LogP) is 13.9. The van der Waals surface area contributed by atoms with Crippen LogP contribution in [0.5, 0.6) is 0 Å². The summed E-state index contributed by atoms with van der Waals surface area (Å²) >= 11 is 1.87. The van der Waals surface area contributed by atoms with Crippen molar-refractivity contribution in [2.45, 2.75) is 13.0 Å². The molecule has 2 heterocycles. The van der Waals surface area contributed by atoms with Crippen molar-refractivity contribution in [3.8, 4) is 11.1 Å². The van der Waals surface area contributed by atoms with E-state index in [1.807, 2.05) is 11.3 Å². The number of para-hydroxylation sites is 3. The Kier molecular flexibility index (Phi) is 7.85. The Hall–Kier alpha value is -6.42. The number of aromatic nitrogens is 1. The van der Waals surface area contributed by atoms with E-state index in [0.717, 1.165) is 24.3 Å². The lowest BCUT2D eigenvalue weighted by atomic mass is 9.92. The minimum Gasteiger partial charge on any atom is -0.334 e. The lowest BCUT2D eigenvalue weighted by Gasteiger charge is -2.28. The average molecular weight is 697 g/mol. The summed E-state index contributed by atoms with van der Waals surface area (Å²) in [6, 6.07) is 70.8. The second kappa shape index (κ2) is 13.3. The number of anilines is 3. The normalized spacial score (nSPS) is 11.5. The maximum absolute atomic E-state index is 2.56. The van der Waals surface area contributed by atoms with Crippen molar-refractivity contribution in [1.29, 1.82) is 0 Å². The van der Waals surface area contributed by atoms with E-state index in [1.54, 1.807) is 0 Å². The zero-order valence-electron chi connectivity index (χ0n) is 29.2. The number of nitrogens with zero attached hydrogens (tertiary/aromatic N) is 2. The number of hydrogen-bond acceptors (Lipinski definition) is 2. The van der Waals surface area contributed by atoms with Gasteiger partial charge in [0.15, 0.2) is 0 Å². The standard InChI is InChI=1S/C50H36N2S/c1-3-17-35(18-4-1)33-36-19-7-9-23-39(36)40-24-10-8-20-37(40)34-51-44-28-13-11-25-41(44)42-27-15-30-46(50(42)51)52(38-21-5-2-6-22-38)45-29-16-32-48-49(45)43-26-12-14-31-47(43)53-48/h1-32H,33-34H2. The molecule has 0 saturated carbocycles. The van der Waals surface area contributed by atoms with E-state index in [2.05, 4.69) is 204 Å². The largest absolute Gasteiger partial charge is 0.334 e. The first-order valence-corrected chi connectivity index (χ1v) is 19.1. The van der Waals surface area contributed by atoms with Gasteiger partial charge in [-0.3, -0.25) is 0 Å². The summed E-state index contributed by atoms with van der Waals surface area (Å²) in [6.07, 6.45) is 0.889. The lowest BCUT2D eigenvalue weighted by Crippen LogP contribution is -2.12.